The lowest BCUT2D eigenvalue weighted by atomic mass is 10.4. The first-order valence-corrected chi connectivity index (χ1v) is 8.15. The summed E-state index contributed by atoms with van der Waals surface area (Å²) >= 11 is 1.70. The lowest BCUT2D eigenvalue weighted by molar-refractivity contribution is 0.574. The standard InChI is InChI=1S/C9H18N4O2S2/c1-10-6-8-7-11-13-9(8)17(14,15)12-4-3-5-16-2/h7,10,12H,3-6H2,1-2H3,(H,11,13). The van der Waals surface area contributed by atoms with Crippen LogP contribution in [0.2, 0.25) is 0 Å². The van der Waals surface area contributed by atoms with Gasteiger partial charge in [0.1, 0.15) is 0 Å². The summed E-state index contributed by atoms with van der Waals surface area (Å²) in [6.07, 6.45) is 4.33. The predicted octanol–water partition coefficient (Wildman–Crippen LogP) is 0.161. The van der Waals surface area contributed by atoms with Gasteiger partial charge >= 0.3 is 0 Å². The minimum Gasteiger partial charge on any atom is -0.316 e. The summed E-state index contributed by atoms with van der Waals surface area (Å²) in [5.74, 6) is 0.939. The molecule has 0 fully saturated rings. The van der Waals surface area contributed by atoms with E-state index in [0.717, 1.165) is 12.2 Å². The van der Waals surface area contributed by atoms with E-state index in [4.69, 9.17) is 0 Å². The van der Waals surface area contributed by atoms with E-state index >= 15 is 0 Å². The highest BCUT2D eigenvalue weighted by Gasteiger charge is 2.19. The van der Waals surface area contributed by atoms with Crippen LogP contribution in [0.25, 0.3) is 0 Å². The summed E-state index contributed by atoms with van der Waals surface area (Å²) in [7, 11) is -1.71. The van der Waals surface area contributed by atoms with Crippen LogP contribution in [0.1, 0.15) is 12.0 Å². The second-order valence-electron chi connectivity index (χ2n) is 3.50. The van der Waals surface area contributed by atoms with E-state index < -0.39 is 10.0 Å². The van der Waals surface area contributed by atoms with E-state index in [0.29, 0.717) is 18.7 Å². The summed E-state index contributed by atoms with van der Waals surface area (Å²) in [5, 5.41) is 9.34. The van der Waals surface area contributed by atoms with Gasteiger partial charge < -0.3 is 5.32 Å². The molecule has 1 heterocycles. The zero-order valence-electron chi connectivity index (χ0n) is 9.99. The highest BCUT2D eigenvalue weighted by atomic mass is 32.2. The maximum absolute atomic E-state index is 11.9. The molecule has 0 saturated carbocycles. The number of hydrogen-bond acceptors (Lipinski definition) is 5. The second kappa shape index (κ2) is 7.00. The summed E-state index contributed by atoms with van der Waals surface area (Å²) in [6.45, 7) is 0.915. The number of H-pyrrole nitrogens is 1. The molecule has 0 spiro atoms. The first-order valence-electron chi connectivity index (χ1n) is 5.27. The molecule has 0 aromatic carbocycles. The Balaban J connectivity index is 2.65. The van der Waals surface area contributed by atoms with E-state index in [2.05, 4.69) is 20.2 Å². The monoisotopic (exact) mass is 278 g/mol. The van der Waals surface area contributed by atoms with Crippen molar-refractivity contribution < 1.29 is 8.42 Å². The number of sulfonamides is 1. The molecule has 1 aromatic heterocycles. The van der Waals surface area contributed by atoms with Crippen molar-refractivity contribution in [1.82, 2.24) is 20.2 Å². The SMILES string of the molecule is CNCc1cn[nH]c1S(=O)(=O)NCCCSC. The minimum absolute atomic E-state index is 0.149. The predicted molar refractivity (Wildman–Crippen MR) is 69.5 cm³/mol. The highest BCUT2D eigenvalue weighted by Crippen LogP contribution is 2.11. The van der Waals surface area contributed by atoms with Crippen LogP contribution in [-0.4, -0.2) is 44.2 Å². The Morgan fingerprint density at radius 1 is 1.53 bits per heavy atom. The number of aromatic amines is 1. The van der Waals surface area contributed by atoms with Crippen molar-refractivity contribution in [3.05, 3.63) is 11.8 Å². The molecule has 0 atom stereocenters. The van der Waals surface area contributed by atoms with Crippen molar-refractivity contribution in [2.24, 2.45) is 0 Å². The third kappa shape index (κ3) is 4.30. The van der Waals surface area contributed by atoms with E-state index in [-0.39, 0.29) is 5.03 Å². The molecule has 0 unspecified atom stereocenters. The Kier molecular flexibility index (Phi) is 5.96. The van der Waals surface area contributed by atoms with Crippen LogP contribution in [-0.2, 0) is 16.6 Å². The van der Waals surface area contributed by atoms with E-state index in [1.165, 1.54) is 6.20 Å². The first-order chi connectivity index (χ1) is 8.11. The minimum atomic E-state index is -3.47. The molecule has 0 radical (unpaired) electrons. The zero-order chi connectivity index (χ0) is 12.7. The van der Waals surface area contributed by atoms with Gasteiger partial charge in [0, 0.05) is 18.7 Å². The quantitative estimate of drug-likeness (QED) is 0.590. The van der Waals surface area contributed by atoms with Crippen molar-refractivity contribution in [1.29, 1.82) is 0 Å². The van der Waals surface area contributed by atoms with Gasteiger partial charge in [-0.1, -0.05) is 0 Å². The van der Waals surface area contributed by atoms with E-state index in [9.17, 15) is 8.42 Å². The van der Waals surface area contributed by atoms with Crippen molar-refractivity contribution in [2.45, 2.75) is 18.0 Å². The Bertz CT molecular complexity index is 430. The smallest absolute Gasteiger partial charge is 0.257 e. The number of nitrogens with zero attached hydrogens (tertiary/aromatic N) is 1. The molecule has 3 N–H and O–H groups in total. The third-order valence-electron chi connectivity index (χ3n) is 2.13. The molecular formula is C9H18N4O2S2. The van der Waals surface area contributed by atoms with Gasteiger partial charge in [-0.25, -0.2) is 13.1 Å². The number of nitrogens with one attached hydrogen (secondary N) is 3. The molecule has 17 heavy (non-hydrogen) atoms. The molecule has 0 saturated heterocycles. The van der Waals surface area contributed by atoms with Gasteiger partial charge in [0.05, 0.1) is 6.20 Å². The van der Waals surface area contributed by atoms with Gasteiger partial charge in [0.25, 0.3) is 10.0 Å². The van der Waals surface area contributed by atoms with Crippen LogP contribution < -0.4 is 10.0 Å². The molecular weight excluding hydrogens is 260 g/mol. The van der Waals surface area contributed by atoms with E-state index in [1.807, 2.05) is 6.26 Å². The molecule has 0 aliphatic rings. The largest absolute Gasteiger partial charge is 0.316 e. The molecule has 0 amide bonds. The van der Waals surface area contributed by atoms with Gasteiger partial charge in [-0.3, -0.25) is 5.10 Å². The average molecular weight is 278 g/mol. The van der Waals surface area contributed by atoms with Crippen LogP contribution >= 0.6 is 11.8 Å². The van der Waals surface area contributed by atoms with Gasteiger partial charge in [0.2, 0.25) is 0 Å². The molecule has 0 aliphatic heterocycles. The average Bonchev–Trinajstić information content (AvgIpc) is 2.74. The highest BCUT2D eigenvalue weighted by molar-refractivity contribution is 7.98. The summed E-state index contributed by atoms with van der Waals surface area (Å²) < 4.78 is 26.4. The number of rotatable bonds is 8. The van der Waals surface area contributed by atoms with Crippen molar-refractivity contribution in [3.63, 3.8) is 0 Å². The Morgan fingerprint density at radius 3 is 2.94 bits per heavy atom. The third-order valence-corrected chi connectivity index (χ3v) is 4.30. The fraction of sp³-hybridized carbons (Fsp3) is 0.667. The number of hydrogen-bond donors (Lipinski definition) is 3. The number of aromatic nitrogens is 2. The fourth-order valence-corrected chi connectivity index (χ4v) is 2.98. The first kappa shape index (κ1) is 14.5. The van der Waals surface area contributed by atoms with Gasteiger partial charge in [-0.2, -0.15) is 16.9 Å². The van der Waals surface area contributed by atoms with Crippen LogP contribution in [0.3, 0.4) is 0 Å². The molecule has 8 heteroatoms. The van der Waals surface area contributed by atoms with Crippen molar-refractivity contribution in [3.8, 4) is 0 Å². The summed E-state index contributed by atoms with van der Waals surface area (Å²) in [6, 6.07) is 0. The van der Waals surface area contributed by atoms with Crippen LogP contribution in [0.15, 0.2) is 11.2 Å². The lowest BCUT2D eigenvalue weighted by Gasteiger charge is -2.06. The van der Waals surface area contributed by atoms with Gasteiger partial charge in [-0.15, -0.1) is 0 Å². The Morgan fingerprint density at radius 2 is 2.29 bits per heavy atom. The van der Waals surface area contributed by atoms with Crippen LogP contribution in [0.4, 0.5) is 0 Å². The van der Waals surface area contributed by atoms with Crippen molar-refractivity contribution in [2.75, 3.05) is 25.6 Å². The molecule has 1 aromatic rings. The topological polar surface area (TPSA) is 86.9 Å². The fourth-order valence-electron chi connectivity index (χ4n) is 1.34. The Hall–Kier alpha value is -0.570. The Labute approximate surface area is 106 Å². The van der Waals surface area contributed by atoms with Crippen LogP contribution in [0, 0.1) is 0 Å². The maximum atomic E-state index is 11.9. The van der Waals surface area contributed by atoms with Crippen LogP contribution in [0.5, 0.6) is 0 Å². The van der Waals surface area contributed by atoms with Gasteiger partial charge in [-0.05, 0) is 25.5 Å². The summed E-state index contributed by atoms with van der Waals surface area (Å²) in [4.78, 5) is 0. The molecule has 98 valence electrons. The van der Waals surface area contributed by atoms with Crippen molar-refractivity contribution >= 4 is 21.8 Å². The summed E-state index contributed by atoms with van der Waals surface area (Å²) in [5.41, 5.74) is 0.643. The second-order valence-corrected chi connectivity index (χ2v) is 6.19. The van der Waals surface area contributed by atoms with Gasteiger partial charge in [0.15, 0.2) is 5.03 Å². The normalized spacial score (nSPS) is 11.9. The maximum Gasteiger partial charge on any atom is 0.257 e. The zero-order valence-corrected chi connectivity index (χ0v) is 11.6. The molecule has 0 bridgehead atoms. The molecule has 1 rings (SSSR count). The van der Waals surface area contributed by atoms with E-state index in [1.54, 1.807) is 18.8 Å². The number of thioether (sulfide) groups is 1. The molecule has 0 aliphatic carbocycles. The lowest BCUT2D eigenvalue weighted by Crippen LogP contribution is -2.27. The molecule has 6 nitrogen and oxygen atoms in total.